The molecular formula is C9H14ClNOS. The molecule has 0 aliphatic heterocycles. The lowest BCUT2D eigenvalue weighted by Gasteiger charge is -2.04. The molecule has 13 heavy (non-hydrogen) atoms. The van der Waals surface area contributed by atoms with Crippen molar-refractivity contribution >= 4 is 22.9 Å². The molecule has 0 aliphatic rings. The minimum atomic E-state index is -0.223. The van der Waals surface area contributed by atoms with Crippen molar-refractivity contribution in [2.45, 2.75) is 26.0 Å². The fourth-order valence-electron chi connectivity index (χ4n) is 0.969. The van der Waals surface area contributed by atoms with Crippen LogP contribution in [0.5, 0.6) is 0 Å². The molecule has 0 bridgehead atoms. The van der Waals surface area contributed by atoms with E-state index in [4.69, 9.17) is 16.7 Å². The van der Waals surface area contributed by atoms with Gasteiger partial charge in [0.05, 0.1) is 10.4 Å². The van der Waals surface area contributed by atoms with E-state index in [-0.39, 0.29) is 6.10 Å². The number of halogens is 1. The highest BCUT2D eigenvalue weighted by atomic mass is 35.5. The zero-order chi connectivity index (χ0) is 9.68. The van der Waals surface area contributed by atoms with Gasteiger partial charge in [0.25, 0.3) is 0 Å². The summed E-state index contributed by atoms with van der Waals surface area (Å²) >= 11 is 7.36. The molecule has 0 saturated heterocycles. The molecule has 0 amide bonds. The Labute approximate surface area is 87.5 Å². The standard InChI is InChI=1S/C9H14ClNOS/c1-7(12)4-5-11-6-8-2-3-9(10)13-8/h2-3,7,11-12H,4-6H2,1H3/t7-/m1/s1. The number of thiophene rings is 1. The van der Waals surface area contributed by atoms with Gasteiger partial charge in [0.2, 0.25) is 0 Å². The summed E-state index contributed by atoms with van der Waals surface area (Å²) in [6.45, 7) is 3.47. The van der Waals surface area contributed by atoms with Gasteiger partial charge in [-0.05, 0) is 32.0 Å². The third-order valence-corrected chi connectivity index (χ3v) is 2.90. The van der Waals surface area contributed by atoms with Crippen molar-refractivity contribution in [2.24, 2.45) is 0 Å². The second-order valence-corrected chi connectivity index (χ2v) is 4.82. The van der Waals surface area contributed by atoms with Crippen molar-refractivity contribution in [3.8, 4) is 0 Å². The Kier molecular flexibility index (Phi) is 4.73. The molecule has 0 radical (unpaired) electrons. The smallest absolute Gasteiger partial charge is 0.0931 e. The summed E-state index contributed by atoms with van der Waals surface area (Å²) < 4.78 is 0.826. The van der Waals surface area contributed by atoms with E-state index in [2.05, 4.69) is 5.32 Å². The molecule has 0 saturated carbocycles. The van der Waals surface area contributed by atoms with Gasteiger partial charge in [-0.2, -0.15) is 0 Å². The Bertz CT molecular complexity index is 250. The molecule has 0 aromatic carbocycles. The summed E-state index contributed by atoms with van der Waals surface area (Å²) in [7, 11) is 0. The first-order chi connectivity index (χ1) is 6.18. The lowest BCUT2D eigenvalue weighted by Crippen LogP contribution is -2.17. The highest BCUT2D eigenvalue weighted by molar-refractivity contribution is 7.16. The van der Waals surface area contributed by atoms with Gasteiger partial charge >= 0.3 is 0 Å². The maximum atomic E-state index is 9.00. The molecular weight excluding hydrogens is 206 g/mol. The maximum absolute atomic E-state index is 9.00. The van der Waals surface area contributed by atoms with Crippen LogP contribution in [-0.2, 0) is 6.54 Å². The third-order valence-electron chi connectivity index (χ3n) is 1.67. The Hall–Kier alpha value is -0.0900. The molecule has 2 nitrogen and oxygen atoms in total. The summed E-state index contributed by atoms with van der Waals surface area (Å²) in [5.41, 5.74) is 0. The van der Waals surface area contributed by atoms with E-state index in [0.29, 0.717) is 0 Å². The van der Waals surface area contributed by atoms with E-state index in [9.17, 15) is 0 Å². The van der Waals surface area contributed by atoms with Gasteiger partial charge in [0.15, 0.2) is 0 Å². The molecule has 1 atom stereocenters. The summed E-state index contributed by atoms with van der Waals surface area (Å²) in [6.07, 6.45) is 0.568. The van der Waals surface area contributed by atoms with Crippen molar-refractivity contribution in [1.29, 1.82) is 0 Å². The van der Waals surface area contributed by atoms with Crippen LogP contribution >= 0.6 is 22.9 Å². The predicted molar refractivity (Wildman–Crippen MR) is 57.3 cm³/mol. The normalized spacial score (nSPS) is 13.2. The first-order valence-corrected chi connectivity index (χ1v) is 5.51. The molecule has 1 aromatic heterocycles. The average Bonchev–Trinajstić information content (AvgIpc) is 2.45. The van der Waals surface area contributed by atoms with E-state index in [1.807, 2.05) is 12.1 Å². The van der Waals surface area contributed by atoms with Gasteiger partial charge in [-0.15, -0.1) is 11.3 Å². The van der Waals surface area contributed by atoms with Crippen molar-refractivity contribution in [3.05, 3.63) is 21.3 Å². The molecule has 2 N–H and O–H groups in total. The quantitative estimate of drug-likeness (QED) is 0.745. The fraction of sp³-hybridized carbons (Fsp3) is 0.556. The lowest BCUT2D eigenvalue weighted by molar-refractivity contribution is 0.183. The molecule has 1 heterocycles. The highest BCUT2D eigenvalue weighted by Gasteiger charge is 1.98. The average molecular weight is 220 g/mol. The second-order valence-electron chi connectivity index (χ2n) is 3.02. The number of hydrogen-bond donors (Lipinski definition) is 2. The number of rotatable bonds is 5. The van der Waals surface area contributed by atoms with Crippen LogP contribution in [0.2, 0.25) is 4.34 Å². The van der Waals surface area contributed by atoms with Gasteiger partial charge in [0, 0.05) is 11.4 Å². The van der Waals surface area contributed by atoms with Crippen LogP contribution in [0.4, 0.5) is 0 Å². The lowest BCUT2D eigenvalue weighted by atomic mass is 10.3. The van der Waals surface area contributed by atoms with Crippen molar-refractivity contribution in [2.75, 3.05) is 6.54 Å². The van der Waals surface area contributed by atoms with Crippen LogP contribution in [0.1, 0.15) is 18.2 Å². The van der Waals surface area contributed by atoms with Gasteiger partial charge in [-0.25, -0.2) is 0 Å². The fourth-order valence-corrected chi connectivity index (χ4v) is 2.03. The minimum absolute atomic E-state index is 0.223. The Balaban J connectivity index is 2.13. The largest absolute Gasteiger partial charge is 0.393 e. The number of aliphatic hydroxyl groups is 1. The van der Waals surface area contributed by atoms with E-state index in [1.165, 1.54) is 4.88 Å². The van der Waals surface area contributed by atoms with Crippen molar-refractivity contribution in [3.63, 3.8) is 0 Å². The van der Waals surface area contributed by atoms with Crippen molar-refractivity contribution < 1.29 is 5.11 Å². The molecule has 4 heteroatoms. The van der Waals surface area contributed by atoms with E-state index < -0.39 is 0 Å². The molecule has 74 valence electrons. The van der Waals surface area contributed by atoms with Crippen LogP contribution in [0.15, 0.2) is 12.1 Å². The second kappa shape index (κ2) is 5.60. The van der Waals surface area contributed by atoms with E-state index in [1.54, 1.807) is 18.3 Å². The van der Waals surface area contributed by atoms with Crippen LogP contribution in [0.3, 0.4) is 0 Å². The maximum Gasteiger partial charge on any atom is 0.0931 e. The monoisotopic (exact) mass is 219 g/mol. The zero-order valence-corrected chi connectivity index (χ0v) is 9.16. The number of nitrogens with one attached hydrogen (secondary N) is 1. The highest BCUT2D eigenvalue weighted by Crippen LogP contribution is 2.20. The molecule has 0 aliphatic carbocycles. The topological polar surface area (TPSA) is 32.3 Å². The summed E-state index contributed by atoms with van der Waals surface area (Å²) in [4.78, 5) is 1.23. The zero-order valence-electron chi connectivity index (χ0n) is 7.59. The molecule has 0 fully saturated rings. The summed E-state index contributed by atoms with van der Waals surface area (Å²) in [5, 5.41) is 12.2. The van der Waals surface area contributed by atoms with E-state index >= 15 is 0 Å². The summed E-state index contributed by atoms with van der Waals surface area (Å²) in [6, 6.07) is 3.92. The Morgan fingerprint density at radius 2 is 2.38 bits per heavy atom. The molecule has 1 aromatic rings. The summed E-state index contributed by atoms with van der Waals surface area (Å²) in [5.74, 6) is 0. The van der Waals surface area contributed by atoms with Crippen LogP contribution < -0.4 is 5.32 Å². The third kappa shape index (κ3) is 4.62. The Morgan fingerprint density at radius 3 is 2.92 bits per heavy atom. The molecule has 1 rings (SSSR count). The van der Waals surface area contributed by atoms with Gasteiger partial charge in [-0.1, -0.05) is 11.6 Å². The first kappa shape index (κ1) is 11.0. The van der Waals surface area contributed by atoms with Crippen LogP contribution in [0, 0.1) is 0 Å². The van der Waals surface area contributed by atoms with Crippen molar-refractivity contribution in [1.82, 2.24) is 5.32 Å². The predicted octanol–water partition coefficient (Wildman–Crippen LogP) is 2.26. The molecule has 0 unspecified atom stereocenters. The number of aliphatic hydroxyl groups excluding tert-OH is 1. The SMILES string of the molecule is C[C@@H](O)CCNCc1ccc(Cl)s1. The van der Waals surface area contributed by atoms with Crippen LogP contribution in [-0.4, -0.2) is 17.8 Å². The van der Waals surface area contributed by atoms with Gasteiger partial charge < -0.3 is 10.4 Å². The molecule has 0 spiro atoms. The Morgan fingerprint density at radius 1 is 1.62 bits per heavy atom. The number of hydrogen-bond acceptors (Lipinski definition) is 3. The first-order valence-electron chi connectivity index (χ1n) is 4.31. The van der Waals surface area contributed by atoms with E-state index in [0.717, 1.165) is 23.8 Å². The minimum Gasteiger partial charge on any atom is -0.393 e. The van der Waals surface area contributed by atoms with Gasteiger partial charge in [0.1, 0.15) is 0 Å². The van der Waals surface area contributed by atoms with Gasteiger partial charge in [-0.3, -0.25) is 0 Å². The van der Waals surface area contributed by atoms with Crippen LogP contribution in [0.25, 0.3) is 0 Å².